The molecule has 1 aliphatic carbocycles. The van der Waals surface area contributed by atoms with Gasteiger partial charge in [0.15, 0.2) is 17.5 Å². The van der Waals surface area contributed by atoms with Gasteiger partial charge in [-0.3, -0.25) is 4.79 Å². The Balaban J connectivity index is 1.80. The van der Waals surface area contributed by atoms with Gasteiger partial charge in [-0.25, -0.2) is 13.2 Å². The summed E-state index contributed by atoms with van der Waals surface area (Å²) in [5.74, 6) is -4.10. The molecule has 0 radical (unpaired) electrons. The van der Waals surface area contributed by atoms with E-state index >= 15 is 0 Å². The van der Waals surface area contributed by atoms with Crippen LogP contribution in [0.5, 0.6) is 0 Å². The van der Waals surface area contributed by atoms with Gasteiger partial charge in [0.25, 0.3) is 0 Å². The van der Waals surface area contributed by atoms with Crippen LogP contribution in [0.3, 0.4) is 0 Å². The monoisotopic (exact) mass is 258 g/mol. The molecule has 0 atom stereocenters. The molecule has 0 aliphatic heterocycles. The number of hydrogen-bond acceptors (Lipinski definition) is 2. The quantitative estimate of drug-likeness (QED) is 0.795. The molecule has 98 valence electrons. The maximum atomic E-state index is 12.9. The lowest BCUT2D eigenvalue weighted by atomic mass is 10.2. The molecule has 2 N–H and O–H groups in total. The lowest BCUT2D eigenvalue weighted by molar-refractivity contribution is -0.120. The molecule has 1 aromatic rings. The van der Waals surface area contributed by atoms with Gasteiger partial charge in [-0.15, -0.1) is 0 Å². The fourth-order valence-corrected chi connectivity index (χ4v) is 1.51. The molecule has 3 nitrogen and oxygen atoms in total. The topological polar surface area (TPSA) is 41.1 Å². The third-order valence-corrected chi connectivity index (χ3v) is 2.61. The first-order valence-electron chi connectivity index (χ1n) is 5.74. The lowest BCUT2D eigenvalue weighted by Crippen LogP contribution is -2.27. The largest absolute Gasteiger partial charge is 0.384 e. The van der Waals surface area contributed by atoms with Gasteiger partial charge >= 0.3 is 0 Å². The second-order valence-corrected chi connectivity index (χ2v) is 4.27. The molecule has 1 amide bonds. The number of halogens is 3. The molecule has 0 unspecified atom stereocenters. The van der Waals surface area contributed by atoms with Crippen molar-refractivity contribution in [2.24, 2.45) is 0 Å². The number of benzene rings is 1. The molecule has 6 heteroatoms. The van der Waals surface area contributed by atoms with Crippen molar-refractivity contribution in [1.29, 1.82) is 0 Å². The van der Waals surface area contributed by atoms with Crippen molar-refractivity contribution in [1.82, 2.24) is 5.32 Å². The molecule has 18 heavy (non-hydrogen) atoms. The van der Waals surface area contributed by atoms with Crippen LogP contribution in [-0.4, -0.2) is 18.5 Å². The molecule has 1 saturated carbocycles. The van der Waals surface area contributed by atoms with Crippen molar-refractivity contribution < 1.29 is 18.0 Å². The molecular weight excluding hydrogens is 245 g/mol. The van der Waals surface area contributed by atoms with E-state index in [-0.39, 0.29) is 24.6 Å². The second kappa shape index (κ2) is 5.29. The number of carbonyl (C=O) groups is 1. The fourth-order valence-electron chi connectivity index (χ4n) is 1.51. The average Bonchev–Trinajstić information content (AvgIpc) is 3.09. The lowest BCUT2D eigenvalue weighted by Gasteiger charge is -2.07. The molecule has 1 fully saturated rings. The summed E-state index contributed by atoms with van der Waals surface area (Å²) in [4.78, 5) is 11.3. The minimum absolute atomic E-state index is 0.104. The van der Waals surface area contributed by atoms with E-state index in [9.17, 15) is 18.0 Å². The maximum Gasteiger partial charge on any atom is 0.221 e. The Morgan fingerprint density at radius 1 is 1.22 bits per heavy atom. The summed E-state index contributed by atoms with van der Waals surface area (Å²) in [6.07, 6.45) is 2.22. The van der Waals surface area contributed by atoms with Crippen LogP contribution in [0, 0.1) is 17.5 Å². The summed E-state index contributed by atoms with van der Waals surface area (Å²) in [5.41, 5.74) is 0.116. The van der Waals surface area contributed by atoms with Crippen LogP contribution < -0.4 is 10.6 Å². The zero-order valence-electron chi connectivity index (χ0n) is 9.60. The van der Waals surface area contributed by atoms with Gasteiger partial charge in [0.2, 0.25) is 5.91 Å². The van der Waals surface area contributed by atoms with Gasteiger partial charge in [-0.1, -0.05) is 0 Å². The highest BCUT2D eigenvalue weighted by Crippen LogP contribution is 2.19. The van der Waals surface area contributed by atoms with Gasteiger partial charge < -0.3 is 10.6 Å². The molecule has 0 saturated heterocycles. The summed E-state index contributed by atoms with van der Waals surface area (Å²) in [5, 5.41) is 5.46. The van der Waals surface area contributed by atoms with Crippen LogP contribution >= 0.6 is 0 Å². The predicted molar refractivity (Wildman–Crippen MR) is 60.6 cm³/mol. The number of hydrogen-bond donors (Lipinski definition) is 2. The Kier molecular flexibility index (Phi) is 3.74. The third-order valence-electron chi connectivity index (χ3n) is 2.61. The van der Waals surface area contributed by atoms with Crippen LogP contribution in [0.25, 0.3) is 0 Å². The smallest absolute Gasteiger partial charge is 0.221 e. The number of amides is 1. The van der Waals surface area contributed by atoms with Crippen LogP contribution in [-0.2, 0) is 4.79 Å². The van der Waals surface area contributed by atoms with Crippen LogP contribution in [0.1, 0.15) is 19.3 Å². The van der Waals surface area contributed by atoms with E-state index in [1.807, 2.05) is 0 Å². The van der Waals surface area contributed by atoms with Gasteiger partial charge in [-0.2, -0.15) is 0 Å². The highest BCUT2D eigenvalue weighted by Gasteiger charge is 2.22. The van der Waals surface area contributed by atoms with Gasteiger partial charge in [0.1, 0.15) is 0 Å². The zero-order chi connectivity index (χ0) is 13.1. The normalized spacial score (nSPS) is 14.4. The van der Waals surface area contributed by atoms with Crippen molar-refractivity contribution in [3.63, 3.8) is 0 Å². The number of nitrogens with one attached hydrogen (secondary N) is 2. The summed E-state index contributed by atoms with van der Waals surface area (Å²) >= 11 is 0. The zero-order valence-corrected chi connectivity index (χ0v) is 9.60. The van der Waals surface area contributed by atoms with E-state index in [2.05, 4.69) is 10.6 Å². The Labute approximate surface area is 102 Å². The van der Waals surface area contributed by atoms with Gasteiger partial charge in [0.05, 0.1) is 0 Å². The highest BCUT2D eigenvalue weighted by molar-refractivity contribution is 5.77. The molecule has 1 aliphatic rings. The van der Waals surface area contributed by atoms with Crippen LogP contribution in [0.4, 0.5) is 18.9 Å². The minimum atomic E-state index is -1.49. The number of anilines is 1. The maximum absolute atomic E-state index is 12.9. The van der Waals surface area contributed by atoms with E-state index in [0.29, 0.717) is 6.04 Å². The standard InChI is InChI=1S/C12H13F3N2O/c13-9-5-8(6-10(14)12(9)15)16-4-3-11(18)17-7-1-2-7/h5-7,16H,1-4H2,(H,17,18). The first-order valence-corrected chi connectivity index (χ1v) is 5.74. The van der Waals surface area contributed by atoms with E-state index in [1.165, 1.54) is 0 Å². The van der Waals surface area contributed by atoms with Crippen molar-refractivity contribution in [3.8, 4) is 0 Å². The van der Waals surface area contributed by atoms with Crippen molar-refractivity contribution in [2.45, 2.75) is 25.3 Å². The average molecular weight is 258 g/mol. The Hall–Kier alpha value is -1.72. The first-order chi connectivity index (χ1) is 8.56. The summed E-state index contributed by atoms with van der Waals surface area (Å²) in [7, 11) is 0. The SMILES string of the molecule is O=C(CCNc1cc(F)c(F)c(F)c1)NC1CC1. The second-order valence-electron chi connectivity index (χ2n) is 4.27. The van der Waals surface area contributed by atoms with E-state index in [1.54, 1.807) is 0 Å². The number of carbonyl (C=O) groups excluding carboxylic acids is 1. The molecule has 0 heterocycles. The predicted octanol–water partition coefficient (Wildman–Crippen LogP) is 2.18. The molecule has 0 bridgehead atoms. The third kappa shape index (κ3) is 3.38. The summed E-state index contributed by atoms with van der Waals surface area (Å²) in [6, 6.07) is 2.01. The van der Waals surface area contributed by atoms with E-state index < -0.39 is 17.5 Å². The van der Waals surface area contributed by atoms with Crippen molar-refractivity contribution in [3.05, 3.63) is 29.6 Å². The van der Waals surface area contributed by atoms with E-state index in [0.717, 1.165) is 25.0 Å². The summed E-state index contributed by atoms with van der Waals surface area (Å²) < 4.78 is 38.4. The van der Waals surface area contributed by atoms with Crippen LogP contribution in [0.2, 0.25) is 0 Å². The van der Waals surface area contributed by atoms with Gasteiger partial charge in [0, 0.05) is 36.8 Å². The van der Waals surface area contributed by atoms with Crippen molar-refractivity contribution in [2.75, 3.05) is 11.9 Å². The molecular formula is C12H13F3N2O. The fraction of sp³-hybridized carbons (Fsp3) is 0.417. The molecule has 1 aromatic carbocycles. The van der Waals surface area contributed by atoms with E-state index in [4.69, 9.17) is 0 Å². The van der Waals surface area contributed by atoms with Gasteiger partial charge in [-0.05, 0) is 12.8 Å². The highest BCUT2D eigenvalue weighted by atomic mass is 19.2. The summed E-state index contributed by atoms with van der Waals surface area (Å²) in [6.45, 7) is 0.239. The molecule has 0 spiro atoms. The van der Waals surface area contributed by atoms with Crippen LogP contribution in [0.15, 0.2) is 12.1 Å². The Bertz CT molecular complexity index is 438. The first kappa shape index (κ1) is 12.7. The Morgan fingerprint density at radius 3 is 2.39 bits per heavy atom. The molecule has 0 aromatic heterocycles. The minimum Gasteiger partial charge on any atom is -0.384 e. The van der Waals surface area contributed by atoms with Crippen molar-refractivity contribution >= 4 is 11.6 Å². The molecule has 2 rings (SSSR count). The number of rotatable bonds is 5. The Morgan fingerprint density at radius 2 is 1.83 bits per heavy atom.